The molecule has 0 unspecified atom stereocenters. The Kier molecular flexibility index (Phi) is 4.76. The van der Waals surface area contributed by atoms with Crippen LogP contribution in [-0.4, -0.2) is 12.1 Å². The van der Waals surface area contributed by atoms with Crippen molar-refractivity contribution in [2.75, 3.05) is 0 Å². The van der Waals surface area contributed by atoms with Crippen molar-refractivity contribution >= 4 is 33.7 Å². The van der Waals surface area contributed by atoms with Gasteiger partial charge in [-0.2, -0.15) is 18.3 Å². The van der Waals surface area contributed by atoms with Gasteiger partial charge in [0.2, 0.25) is 0 Å². The summed E-state index contributed by atoms with van der Waals surface area (Å²) in [6.45, 7) is 0. The highest BCUT2D eigenvalue weighted by Crippen LogP contribution is 2.30. The molecule has 4 aromatic carbocycles. The van der Waals surface area contributed by atoms with Crippen LogP contribution in [0.1, 0.15) is 21.5 Å². The fourth-order valence-electron chi connectivity index (χ4n) is 3.24. The first-order valence-electron chi connectivity index (χ1n) is 8.84. The molecule has 0 aliphatic heterocycles. The third-order valence-electron chi connectivity index (χ3n) is 4.62. The van der Waals surface area contributed by atoms with Gasteiger partial charge >= 0.3 is 6.18 Å². The van der Waals surface area contributed by atoms with E-state index in [0.717, 1.165) is 39.2 Å². The normalized spacial score (nSPS) is 12.0. The van der Waals surface area contributed by atoms with Crippen LogP contribution in [0, 0.1) is 0 Å². The van der Waals surface area contributed by atoms with Crippen LogP contribution < -0.4 is 5.43 Å². The minimum atomic E-state index is -4.51. The van der Waals surface area contributed by atoms with E-state index < -0.39 is 17.6 Å². The lowest BCUT2D eigenvalue weighted by Gasteiger charge is -2.09. The predicted octanol–water partition coefficient (Wildman–Crippen LogP) is 5.78. The zero-order valence-corrected chi connectivity index (χ0v) is 15.1. The number of hydrazone groups is 1. The molecule has 0 fully saturated rings. The van der Waals surface area contributed by atoms with Crippen LogP contribution in [0.15, 0.2) is 84.0 Å². The number of nitrogens with zero attached hydrogens (tertiary/aromatic N) is 1. The van der Waals surface area contributed by atoms with Crippen LogP contribution in [-0.2, 0) is 6.18 Å². The average Bonchev–Trinajstić information content (AvgIpc) is 2.72. The Morgan fingerprint density at radius 3 is 2.07 bits per heavy atom. The molecule has 3 nitrogen and oxygen atoms in total. The molecule has 144 valence electrons. The number of nitrogens with one attached hydrogen (secondary N) is 1. The van der Waals surface area contributed by atoms with Crippen LogP contribution in [0.4, 0.5) is 13.2 Å². The van der Waals surface area contributed by atoms with E-state index >= 15 is 0 Å². The van der Waals surface area contributed by atoms with Crippen molar-refractivity contribution in [3.63, 3.8) is 0 Å². The van der Waals surface area contributed by atoms with Gasteiger partial charge in [-0.25, -0.2) is 5.43 Å². The van der Waals surface area contributed by atoms with Crippen LogP contribution >= 0.6 is 0 Å². The van der Waals surface area contributed by atoms with Crippen molar-refractivity contribution in [1.29, 1.82) is 0 Å². The van der Waals surface area contributed by atoms with Crippen molar-refractivity contribution in [3.8, 4) is 0 Å². The van der Waals surface area contributed by atoms with Crippen LogP contribution in [0.2, 0.25) is 0 Å². The zero-order valence-electron chi connectivity index (χ0n) is 15.1. The number of alkyl halides is 3. The van der Waals surface area contributed by atoms with Gasteiger partial charge < -0.3 is 0 Å². The SMILES string of the molecule is O=C(N/N=C\c1c2ccccc2cc2ccccc12)c1cccc(C(F)(F)F)c1. The quantitative estimate of drug-likeness (QED) is 0.268. The van der Waals surface area contributed by atoms with Gasteiger partial charge in [0.1, 0.15) is 0 Å². The molecule has 0 heterocycles. The Balaban J connectivity index is 1.66. The topological polar surface area (TPSA) is 41.5 Å². The molecule has 0 spiro atoms. The Morgan fingerprint density at radius 1 is 0.828 bits per heavy atom. The minimum absolute atomic E-state index is 0.111. The van der Waals surface area contributed by atoms with Crippen LogP contribution in [0.25, 0.3) is 21.5 Å². The van der Waals surface area contributed by atoms with E-state index in [1.165, 1.54) is 18.3 Å². The van der Waals surface area contributed by atoms with Gasteiger partial charge in [-0.05, 0) is 45.8 Å². The Labute approximate surface area is 164 Å². The van der Waals surface area contributed by atoms with Gasteiger partial charge in [-0.1, -0.05) is 54.6 Å². The maximum atomic E-state index is 12.8. The van der Waals surface area contributed by atoms with Crippen LogP contribution in [0.3, 0.4) is 0 Å². The van der Waals surface area contributed by atoms with E-state index in [2.05, 4.69) is 16.6 Å². The lowest BCUT2D eigenvalue weighted by molar-refractivity contribution is -0.137. The Hall–Kier alpha value is -3.67. The summed E-state index contributed by atoms with van der Waals surface area (Å²) in [6.07, 6.45) is -2.99. The Morgan fingerprint density at radius 2 is 1.45 bits per heavy atom. The second kappa shape index (κ2) is 7.39. The average molecular weight is 392 g/mol. The Bertz CT molecular complexity index is 1190. The van der Waals surface area contributed by atoms with Crippen molar-refractivity contribution in [2.24, 2.45) is 5.10 Å². The van der Waals surface area contributed by atoms with Gasteiger partial charge in [0.25, 0.3) is 5.91 Å². The van der Waals surface area contributed by atoms with E-state index in [9.17, 15) is 18.0 Å². The number of hydrogen-bond acceptors (Lipinski definition) is 2. The summed E-state index contributed by atoms with van der Waals surface area (Å²) >= 11 is 0. The summed E-state index contributed by atoms with van der Waals surface area (Å²) in [7, 11) is 0. The maximum Gasteiger partial charge on any atom is 0.416 e. The molecule has 0 aromatic heterocycles. The molecule has 6 heteroatoms. The molecule has 0 saturated carbocycles. The predicted molar refractivity (Wildman–Crippen MR) is 108 cm³/mol. The third kappa shape index (κ3) is 3.82. The molecule has 0 aliphatic carbocycles. The number of benzene rings is 4. The molecule has 4 aromatic rings. The lowest BCUT2D eigenvalue weighted by atomic mass is 9.97. The first-order chi connectivity index (χ1) is 13.9. The molecule has 4 rings (SSSR count). The summed E-state index contributed by atoms with van der Waals surface area (Å²) in [4.78, 5) is 12.2. The number of rotatable bonds is 3. The standard InChI is InChI=1S/C23H15F3N2O/c24-23(25,26)18-9-5-8-17(13-18)22(29)28-27-14-21-19-10-3-1-6-15(19)12-16-7-2-4-11-20(16)21/h1-14H,(H,28,29)/b27-14-. The van der Waals surface area contributed by atoms with Gasteiger partial charge in [-0.3, -0.25) is 4.79 Å². The van der Waals surface area contributed by atoms with Gasteiger partial charge in [-0.15, -0.1) is 0 Å². The van der Waals surface area contributed by atoms with E-state index in [1.807, 2.05) is 48.5 Å². The highest BCUT2D eigenvalue weighted by atomic mass is 19.4. The second-order valence-electron chi connectivity index (χ2n) is 6.51. The summed E-state index contributed by atoms with van der Waals surface area (Å²) in [5, 5.41) is 7.98. The number of halogens is 3. The van der Waals surface area contributed by atoms with E-state index in [-0.39, 0.29) is 5.56 Å². The van der Waals surface area contributed by atoms with E-state index in [0.29, 0.717) is 0 Å². The fraction of sp³-hybridized carbons (Fsp3) is 0.0435. The van der Waals surface area contributed by atoms with Gasteiger partial charge in [0, 0.05) is 11.1 Å². The van der Waals surface area contributed by atoms with E-state index in [4.69, 9.17) is 0 Å². The molecule has 29 heavy (non-hydrogen) atoms. The second-order valence-corrected chi connectivity index (χ2v) is 6.51. The van der Waals surface area contributed by atoms with Crippen molar-refractivity contribution < 1.29 is 18.0 Å². The molecule has 0 radical (unpaired) electrons. The number of fused-ring (bicyclic) bond motifs is 2. The maximum absolute atomic E-state index is 12.8. The summed E-state index contributed by atoms with van der Waals surface area (Å²) in [5.74, 6) is -0.711. The summed E-state index contributed by atoms with van der Waals surface area (Å²) in [6, 6.07) is 21.9. The molecule has 0 aliphatic rings. The highest BCUT2D eigenvalue weighted by molar-refractivity contribution is 6.13. The molecule has 1 N–H and O–H groups in total. The molecule has 0 atom stereocenters. The smallest absolute Gasteiger partial charge is 0.267 e. The molecule has 0 saturated heterocycles. The molecular weight excluding hydrogens is 377 g/mol. The molecular formula is C23H15F3N2O. The molecule has 1 amide bonds. The number of carbonyl (C=O) groups is 1. The number of carbonyl (C=O) groups excluding carboxylic acids is 1. The third-order valence-corrected chi connectivity index (χ3v) is 4.62. The first kappa shape index (κ1) is 18.7. The molecule has 0 bridgehead atoms. The van der Waals surface area contributed by atoms with E-state index in [1.54, 1.807) is 0 Å². The van der Waals surface area contributed by atoms with Gasteiger partial charge in [0.15, 0.2) is 0 Å². The van der Waals surface area contributed by atoms with Crippen LogP contribution in [0.5, 0.6) is 0 Å². The fourth-order valence-corrected chi connectivity index (χ4v) is 3.24. The summed E-state index contributed by atoms with van der Waals surface area (Å²) < 4.78 is 38.5. The monoisotopic (exact) mass is 392 g/mol. The van der Waals surface area contributed by atoms with Gasteiger partial charge in [0.05, 0.1) is 11.8 Å². The largest absolute Gasteiger partial charge is 0.416 e. The van der Waals surface area contributed by atoms with Crippen molar-refractivity contribution in [1.82, 2.24) is 5.43 Å². The minimum Gasteiger partial charge on any atom is -0.267 e. The highest BCUT2D eigenvalue weighted by Gasteiger charge is 2.30. The number of amides is 1. The number of hydrogen-bond donors (Lipinski definition) is 1. The van der Waals surface area contributed by atoms with Crippen molar-refractivity contribution in [2.45, 2.75) is 6.18 Å². The van der Waals surface area contributed by atoms with Crippen molar-refractivity contribution in [3.05, 3.63) is 95.6 Å². The summed E-state index contributed by atoms with van der Waals surface area (Å²) in [5.41, 5.74) is 2.15. The first-order valence-corrected chi connectivity index (χ1v) is 8.84. The lowest BCUT2D eigenvalue weighted by Crippen LogP contribution is -2.18. The zero-order chi connectivity index (χ0) is 20.4.